The first-order valence-electron chi connectivity index (χ1n) is 7.31. The topological polar surface area (TPSA) is 30.3 Å². The first-order valence-corrected chi connectivity index (χ1v) is 7.31. The van der Waals surface area contributed by atoms with Crippen LogP contribution in [0.1, 0.15) is 5.56 Å². The Morgan fingerprint density at radius 1 is 1.19 bits per heavy atom. The number of hydrogen-bond donors (Lipinski definition) is 0. The van der Waals surface area contributed by atoms with Crippen LogP contribution in [-0.4, -0.2) is 47.5 Å². The first-order chi connectivity index (χ1) is 10.2. The molecule has 0 amide bonds. The van der Waals surface area contributed by atoms with E-state index in [2.05, 4.69) is 10.00 Å². The molecule has 0 bridgehead atoms. The standard InChI is InChI=1S/C16H20FN3O/c1-13-2-3-14(10-16(13)17)15-11-18-20(12-15)5-4-19-6-8-21-9-7-19/h2-3,10-12H,4-9H2,1H3. The van der Waals surface area contributed by atoms with Crippen LogP contribution in [0.5, 0.6) is 0 Å². The fourth-order valence-electron chi connectivity index (χ4n) is 2.48. The predicted molar refractivity (Wildman–Crippen MR) is 79.6 cm³/mol. The first kappa shape index (κ1) is 14.2. The molecule has 1 aliphatic rings. The van der Waals surface area contributed by atoms with Crippen molar-refractivity contribution >= 4 is 0 Å². The number of aromatic nitrogens is 2. The Balaban J connectivity index is 1.63. The van der Waals surface area contributed by atoms with Gasteiger partial charge in [0.05, 0.1) is 26.0 Å². The fraction of sp³-hybridized carbons (Fsp3) is 0.438. The Morgan fingerprint density at radius 3 is 2.76 bits per heavy atom. The molecule has 112 valence electrons. The van der Waals surface area contributed by atoms with E-state index in [1.54, 1.807) is 25.3 Å². The van der Waals surface area contributed by atoms with Crippen molar-refractivity contribution in [2.75, 3.05) is 32.8 Å². The third kappa shape index (κ3) is 3.49. The molecule has 5 heteroatoms. The van der Waals surface area contributed by atoms with Gasteiger partial charge in [-0.2, -0.15) is 5.10 Å². The number of aryl methyl sites for hydroxylation is 1. The minimum atomic E-state index is -0.173. The molecule has 0 atom stereocenters. The van der Waals surface area contributed by atoms with Crippen molar-refractivity contribution in [1.29, 1.82) is 0 Å². The lowest BCUT2D eigenvalue weighted by atomic mass is 10.1. The van der Waals surface area contributed by atoms with Gasteiger partial charge in [-0.15, -0.1) is 0 Å². The maximum atomic E-state index is 13.6. The van der Waals surface area contributed by atoms with Gasteiger partial charge in [-0.3, -0.25) is 9.58 Å². The quantitative estimate of drug-likeness (QED) is 0.865. The summed E-state index contributed by atoms with van der Waals surface area (Å²) < 4.78 is 20.9. The van der Waals surface area contributed by atoms with Crippen LogP contribution in [0.4, 0.5) is 4.39 Å². The molecule has 0 aliphatic carbocycles. The van der Waals surface area contributed by atoms with Crippen molar-refractivity contribution in [2.24, 2.45) is 0 Å². The highest BCUT2D eigenvalue weighted by molar-refractivity contribution is 5.62. The lowest BCUT2D eigenvalue weighted by Gasteiger charge is -2.26. The zero-order chi connectivity index (χ0) is 14.7. The molecule has 0 unspecified atom stereocenters. The van der Waals surface area contributed by atoms with E-state index in [1.807, 2.05) is 16.9 Å². The molecule has 0 N–H and O–H groups in total. The largest absolute Gasteiger partial charge is 0.379 e. The van der Waals surface area contributed by atoms with Gasteiger partial charge in [0.2, 0.25) is 0 Å². The van der Waals surface area contributed by atoms with Gasteiger partial charge >= 0.3 is 0 Å². The Bertz CT molecular complexity index is 605. The van der Waals surface area contributed by atoms with E-state index in [9.17, 15) is 4.39 Å². The number of benzene rings is 1. The van der Waals surface area contributed by atoms with Gasteiger partial charge in [0.15, 0.2) is 0 Å². The number of morpholine rings is 1. The summed E-state index contributed by atoms with van der Waals surface area (Å²) in [4.78, 5) is 2.37. The van der Waals surface area contributed by atoms with Crippen LogP contribution in [0.3, 0.4) is 0 Å². The molecular formula is C16H20FN3O. The molecule has 0 saturated carbocycles. The van der Waals surface area contributed by atoms with Crippen LogP contribution in [0, 0.1) is 12.7 Å². The van der Waals surface area contributed by atoms with Crippen LogP contribution in [0.2, 0.25) is 0 Å². The Morgan fingerprint density at radius 2 is 2.00 bits per heavy atom. The van der Waals surface area contributed by atoms with Gasteiger partial charge in [-0.1, -0.05) is 12.1 Å². The molecule has 4 nitrogen and oxygen atoms in total. The molecule has 21 heavy (non-hydrogen) atoms. The maximum Gasteiger partial charge on any atom is 0.126 e. The summed E-state index contributed by atoms with van der Waals surface area (Å²) in [5.41, 5.74) is 2.49. The molecule has 3 rings (SSSR count). The number of rotatable bonds is 4. The van der Waals surface area contributed by atoms with E-state index in [-0.39, 0.29) is 5.82 Å². The number of ether oxygens (including phenoxy) is 1. The lowest BCUT2D eigenvalue weighted by Crippen LogP contribution is -2.38. The molecule has 1 saturated heterocycles. The second-order valence-corrected chi connectivity index (χ2v) is 5.41. The van der Waals surface area contributed by atoms with Crippen LogP contribution in [-0.2, 0) is 11.3 Å². The molecule has 2 aromatic rings. The zero-order valence-electron chi connectivity index (χ0n) is 12.3. The number of halogens is 1. The van der Waals surface area contributed by atoms with Gasteiger partial charge in [-0.25, -0.2) is 4.39 Å². The van der Waals surface area contributed by atoms with Crippen molar-refractivity contribution in [3.8, 4) is 11.1 Å². The summed E-state index contributed by atoms with van der Waals surface area (Å²) in [5, 5.41) is 4.37. The second kappa shape index (κ2) is 6.37. The summed E-state index contributed by atoms with van der Waals surface area (Å²) in [6.07, 6.45) is 3.77. The summed E-state index contributed by atoms with van der Waals surface area (Å²) in [5.74, 6) is -0.173. The molecule has 1 aromatic carbocycles. The van der Waals surface area contributed by atoms with Gasteiger partial charge in [0.25, 0.3) is 0 Å². The van der Waals surface area contributed by atoms with E-state index in [4.69, 9.17) is 4.74 Å². The Hall–Kier alpha value is -1.72. The smallest absolute Gasteiger partial charge is 0.126 e. The molecule has 1 aromatic heterocycles. The van der Waals surface area contributed by atoms with Crippen molar-refractivity contribution in [1.82, 2.24) is 14.7 Å². The molecule has 1 fully saturated rings. The van der Waals surface area contributed by atoms with E-state index in [0.717, 1.165) is 50.5 Å². The van der Waals surface area contributed by atoms with Gasteiger partial charge in [0.1, 0.15) is 5.82 Å². The summed E-state index contributed by atoms with van der Waals surface area (Å²) >= 11 is 0. The summed E-state index contributed by atoms with van der Waals surface area (Å²) in [6.45, 7) is 7.17. The molecule has 0 radical (unpaired) electrons. The monoisotopic (exact) mass is 289 g/mol. The zero-order valence-corrected chi connectivity index (χ0v) is 12.3. The van der Waals surface area contributed by atoms with Gasteiger partial charge < -0.3 is 4.74 Å². The Kier molecular flexibility index (Phi) is 4.31. The molecular weight excluding hydrogens is 269 g/mol. The normalized spacial score (nSPS) is 16.3. The Labute approximate surface area is 124 Å². The van der Waals surface area contributed by atoms with Crippen LogP contribution in [0.25, 0.3) is 11.1 Å². The minimum Gasteiger partial charge on any atom is -0.379 e. The molecule has 1 aliphatic heterocycles. The average molecular weight is 289 g/mol. The minimum absolute atomic E-state index is 0.173. The van der Waals surface area contributed by atoms with Gasteiger partial charge in [-0.05, 0) is 24.1 Å². The maximum absolute atomic E-state index is 13.6. The average Bonchev–Trinajstić information content (AvgIpc) is 2.98. The highest BCUT2D eigenvalue weighted by Gasteiger charge is 2.10. The fourth-order valence-corrected chi connectivity index (χ4v) is 2.48. The summed E-state index contributed by atoms with van der Waals surface area (Å²) in [7, 11) is 0. The lowest BCUT2D eigenvalue weighted by molar-refractivity contribution is 0.0360. The summed E-state index contributed by atoms with van der Waals surface area (Å²) in [6, 6.07) is 5.30. The molecule has 2 heterocycles. The third-order valence-corrected chi connectivity index (χ3v) is 3.89. The third-order valence-electron chi connectivity index (χ3n) is 3.89. The van der Waals surface area contributed by atoms with E-state index < -0.39 is 0 Å². The van der Waals surface area contributed by atoms with E-state index >= 15 is 0 Å². The van der Waals surface area contributed by atoms with Crippen molar-refractivity contribution in [3.63, 3.8) is 0 Å². The van der Waals surface area contributed by atoms with Crippen molar-refractivity contribution in [2.45, 2.75) is 13.5 Å². The highest BCUT2D eigenvalue weighted by atomic mass is 19.1. The van der Waals surface area contributed by atoms with E-state index in [1.165, 1.54) is 0 Å². The van der Waals surface area contributed by atoms with Crippen molar-refractivity contribution in [3.05, 3.63) is 42.0 Å². The van der Waals surface area contributed by atoms with Gasteiger partial charge in [0, 0.05) is 31.4 Å². The van der Waals surface area contributed by atoms with Crippen molar-refractivity contribution < 1.29 is 9.13 Å². The second-order valence-electron chi connectivity index (χ2n) is 5.41. The SMILES string of the molecule is Cc1ccc(-c2cnn(CCN3CCOCC3)c2)cc1F. The number of hydrogen-bond acceptors (Lipinski definition) is 3. The number of nitrogens with zero attached hydrogens (tertiary/aromatic N) is 3. The molecule has 0 spiro atoms. The predicted octanol–water partition coefficient (Wildman–Crippen LogP) is 2.33. The van der Waals surface area contributed by atoms with E-state index in [0.29, 0.717) is 5.56 Å². The van der Waals surface area contributed by atoms with Crippen LogP contribution in [0.15, 0.2) is 30.6 Å². The highest BCUT2D eigenvalue weighted by Crippen LogP contribution is 2.21. The van der Waals surface area contributed by atoms with Crippen LogP contribution < -0.4 is 0 Å². The van der Waals surface area contributed by atoms with Crippen LogP contribution >= 0.6 is 0 Å².